The quantitative estimate of drug-likeness (QED) is 0.756. The third kappa shape index (κ3) is 2.73. The van der Waals surface area contributed by atoms with E-state index < -0.39 is 11.9 Å². The van der Waals surface area contributed by atoms with E-state index in [4.69, 9.17) is 0 Å². The van der Waals surface area contributed by atoms with Crippen molar-refractivity contribution in [3.8, 4) is 0 Å². The van der Waals surface area contributed by atoms with E-state index in [-0.39, 0.29) is 5.92 Å². The third-order valence-electron chi connectivity index (χ3n) is 4.18. The standard InChI is InChI=1S/C20H18O2/c1-14(20(21)22)19(16-8-3-2-4-9-16)18-12-11-15-7-5-6-10-17(15)13-18/h2-14,19H,1H3,(H,21,22)/t14-,19-/m1/s1. The molecule has 0 aliphatic heterocycles. The first-order valence-corrected chi connectivity index (χ1v) is 7.43. The highest BCUT2D eigenvalue weighted by Gasteiger charge is 2.26. The van der Waals surface area contributed by atoms with Crippen molar-refractivity contribution in [2.24, 2.45) is 5.92 Å². The van der Waals surface area contributed by atoms with Crippen LogP contribution in [0.2, 0.25) is 0 Å². The van der Waals surface area contributed by atoms with Gasteiger partial charge in [0.2, 0.25) is 0 Å². The van der Waals surface area contributed by atoms with Gasteiger partial charge in [0.1, 0.15) is 0 Å². The Hall–Kier alpha value is -2.61. The molecule has 0 aromatic heterocycles. The minimum atomic E-state index is -0.776. The number of carbonyl (C=O) groups is 1. The molecule has 0 aliphatic rings. The molecule has 3 aromatic rings. The summed E-state index contributed by atoms with van der Waals surface area (Å²) in [7, 11) is 0. The van der Waals surface area contributed by atoms with Crippen molar-refractivity contribution < 1.29 is 9.90 Å². The normalized spacial score (nSPS) is 13.7. The van der Waals surface area contributed by atoms with Gasteiger partial charge >= 0.3 is 5.97 Å². The van der Waals surface area contributed by atoms with Crippen molar-refractivity contribution in [3.63, 3.8) is 0 Å². The van der Waals surface area contributed by atoms with Gasteiger partial charge in [0.25, 0.3) is 0 Å². The molecule has 3 aromatic carbocycles. The van der Waals surface area contributed by atoms with Crippen molar-refractivity contribution in [1.82, 2.24) is 0 Å². The fourth-order valence-corrected chi connectivity index (χ4v) is 2.97. The van der Waals surface area contributed by atoms with Crippen LogP contribution < -0.4 is 0 Å². The van der Waals surface area contributed by atoms with Crippen LogP contribution in [-0.4, -0.2) is 11.1 Å². The zero-order valence-corrected chi connectivity index (χ0v) is 12.4. The average Bonchev–Trinajstić information content (AvgIpc) is 2.56. The number of carboxylic acids is 1. The molecule has 0 heterocycles. The van der Waals surface area contributed by atoms with Crippen LogP contribution in [0.25, 0.3) is 10.8 Å². The molecule has 0 saturated carbocycles. The van der Waals surface area contributed by atoms with E-state index in [0.29, 0.717) is 0 Å². The molecular weight excluding hydrogens is 272 g/mol. The predicted molar refractivity (Wildman–Crippen MR) is 89.0 cm³/mol. The first-order valence-electron chi connectivity index (χ1n) is 7.43. The van der Waals surface area contributed by atoms with Gasteiger partial charge in [-0.25, -0.2) is 0 Å². The molecule has 2 atom stereocenters. The predicted octanol–water partition coefficient (Wildman–Crippen LogP) is 4.69. The Bertz CT molecular complexity index is 793. The van der Waals surface area contributed by atoms with Gasteiger partial charge in [-0.15, -0.1) is 0 Å². The number of hydrogen-bond acceptors (Lipinski definition) is 1. The van der Waals surface area contributed by atoms with Gasteiger partial charge in [-0.1, -0.05) is 79.7 Å². The van der Waals surface area contributed by atoms with Crippen molar-refractivity contribution in [3.05, 3.63) is 83.9 Å². The monoisotopic (exact) mass is 290 g/mol. The van der Waals surface area contributed by atoms with Crippen LogP contribution in [0.4, 0.5) is 0 Å². The van der Waals surface area contributed by atoms with Gasteiger partial charge in [-0.2, -0.15) is 0 Å². The highest BCUT2D eigenvalue weighted by atomic mass is 16.4. The Morgan fingerprint density at radius 3 is 2.14 bits per heavy atom. The maximum Gasteiger partial charge on any atom is 0.307 e. The Kier molecular flexibility index (Phi) is 3.92. The minimum Gasteiger partial charge on any atom is -0.481 e. The largest absolute Gasteiger partial charge is 0.481 e. The lowest BCUT2D eigenvalue weighted by Crippen LogP contribution is -2.20. The second-order valence-electron chi connectivity index (χ2n) is 5.62. The molecule has 0 radical (unpaired) electrons. The summed E-state index contributed by atoms with van der Waals surface area (Å²) in [5, 5.41) is 11.8. The summed E-state index contributed by atoms with van der Waals surface area (Å²) in [6.07, 6.45) is 0. The number of hydrogen-bond donors (Lipinski definition) is 1. The van der Waals surface area contributed by atoms with Gasteiger partial charge < -0.3 is 5.11 Å². The van der Waals surface area contributed by atoms with Crippen molar-refractivity contribution in [2.45, 2.75) is 12.8 Å². The van der Waals surface area contributed by atoms with E-state index in [9.17, 15) is 9.90 Å². The van der Waals surface area contributed by atoms with Crippen LogP contribution in [0, 0.1) is 5.92 Å². The van der Waals surface area contributed by atoms with Crippen LogP contribution in [0.3, 0.4) is 0 Å². The van der Waals surface area contributed by atoms with E-state index in [1.54, 1.807) is 6.92 Å². The lowest BCUT2D eigenvalue weighted by atomic mass is 9.81. The maximum atomic E-state index is 11.6. The SMILES string of the molecule is C[C@@H](C(=O)O)[C@H](c1ccccc1)c1ccc2ccccc2c1. The second kappa shape index (κ2) is 6.02. The summed E-state index contributed by atoms with van der Waals surface area (Å²) in [5.41, 5.74) is 2.08. The Labute approximate surface area is 130 Å². The Balaban J connectivity index is 2.13. The topological polar surface area (TPSA) is 37.3 Å². The zero-order valence-electron chi connectivity index (χ0n) is 12.4. The number of fused-ring (bicyclic) bond motifs is 1. The molecule has 0 aliphatic carbocycles. The first-order chi connectivity index (χ1) is 10.7. The fraction of sp³-hybridized carbons (Fsp3) is 0.150. The molecular formula is C20H18O2. The van der Waals surface area contributed by atoms with Crippen LogP contribution in [0.5, 0.6) is 0 Å². The molecule has 0 unspecified atom stereocenters. The molecule has 0 bridgehead atoms. The van der Waals surface area contributed by atoms with Crippen LogP contribution >= 0.6 is 0 Å². The number of aliphatic carboxylic acids is 1. The number of rotatable bonds is 4. The van der Waals surface area contributed by atoms with E-state index in [0.717, 1.165) is 16.5 Å². The molecule has 110 valence electrons. The van der Waals surface area contributed by atoms with E-state index in [1.165, 1.54) is 5.39 Å². The Morgan fingerprint density at radius 2 is 1.45 bits per heavy atom. The summed E-state index contributed by atoms with van der Waals surface area (Å²) < 4.78 is 0. The van der Waals surface area contributed by atoms with Crippen LogP contribution in [0.1, 0.15) is 24.0 Å². The summed E-state index contributed by atoms with van der Waals surface area (Å²) in [6.45, 7) is 1.77. The maximum absolute atomic E-state index is 11.6. The van der Waals surface area contributed by atoms with Crippen molar-refractivity contribution in [1.29, 1.82) is 0 Å². The van der Waals surface area contributed by atoms with Gasteiger partial charge in [0.05, 0.1) is 5.92 Å². The summed E-state index contributed by atoms with van der Waals surface area (Å²) >= 11 is 0. The molecule has 22 heavy (non-hydrogen) atoms. The summed E-state index contributed by atoms with van der Waals surface area (Å²) in [5.74, 6) is -1.41. The molecule has 0 spiro atoms. The molecule has 0 fully saturated rings. The summed E-state index contributed by atoms with van der Waals surface area (Å²) in [6, 6.07) is 24.2. The Morgan fingerprint density at radius 1 is 0.818 bits per heavy atom. The van der Waals surface area contributed by atoms with E-state index in [1.807, 2.05) is 48.5 Å². The molecule has 0 saturated heterocycles. The molecule has 2 nitrogen and oxygen atoms in total. The average molecular weight is 290 g/mol. The van der Waals surface area contributed by atoms with Gasteiger partial charge in [-0.05, 0) is 21.9 Å². The van der Waals surface area contributed by atoms with Crippen LogP contribution in [0.15, 0.2) is 72.8 Å². The second-order valence-corrected chi connectivity index (χ2v) is 5.62. The molecule has 1 N–H and O–H groups in total. The number of benzene rings is 3. The van der Waals surface area contributed by atoms with E-state index >= 15 is 0 Å². The smallest absolute Gasteiger partial charge is 0.307 e. The fourth-order valence-electron chi connectivity index (χ4n) is 2.97. The molecule has 0 amide bonds. The van der Waals surface area contributed by atoms with Gasteiger partial charge in [0.15, 0.2) is 0 Å². The minimum absolute atomic E-state index is 0.150. The lowest BCUT2D eigenvalue weighted by molar-refractivity contribution is -0.141. The summed E-state index contributed by atoms with van der Waals surface area (Å²) in [4.78, 5) is 11.6. The third-order valence-corrected chi connectivity index (χ3v) is 4.18. The van der Waals surface area contributed by atoms with Gasteiger partial charge in [-0.3, -0.25) is 4.79 Å². The van der Waals surface area contributed by atoms with Crippen molar-refractivity contribution >= 4 is 16.7 Å². The highest BCUT2D eigenvalue weighted by molar-refractivity contribution is 5.83. The first kappa shape index (κ1) is 14.3. The molecule has 2 heteroatoms. The van der Waals surface area contributed by atoms with E-state index in [2.05, 4.69) is 24.3 Å². The van der Waals surface area contributed by atoms with Crippen molar-refractivity contribution in [2.75, 3.05) is 0 Å². The van der Waals surface area contributed by atoms with Crippen LogP contribution in [-0.2, 0) is 4.79 Å². The van der Waals surface area contributed by atoms with Gasteiger partial charge in [0, 0.05) is 5.92 Å². The zero-order chi connectivity index (χ0) is 15.5. The lowest BCUT2D eigenvalue weighted by Gasteiger charge is -2.22. The molecule has 3 rings (SSSR count). The highest BCUT2D eigenvalue weighted by Crippen LogP contribution is 2.33. The number of carboxylic acid groups (broad SMARTS) is 1.